The number of benzene rings is 3. The Morgan fingerprint density at radius 2 is 1.48 bits per heavy atom. The second-order valence-electron chi connectivity index (χ2n) is 5.54. The molecule has 25 heavy (non-hydrogen) atoms. The van der Waals surface area contributed by atoms with Crippen molar-refractivity contribution in [3.05, 3.63) is 76.3 Å². The number of H-pyrrole nitrogens is 2. The molecule has 122 valence electrons. The van der Waals surface area contributed by atoms with E-state index in [1.807, 2.05) is 24.3 Å². The molecule has 0 radical (unpaired) electrons. The van der Waals surface area contributed by atoms with Gasteiger partial charge in [-0.25, -0.2) is 0 Å². The van der Waals surface area contributed by atoms with Crippen LogP contribution in [0.5, 0.6) is 0 Å². The molecular weight excluding hydrogens is 348 g/mol. The smallest absolute Gasteiger partial charge is 0.209 e. The van der Waals surface area contributed by atoms with Crippen LogP contribution in [0.4, 0.5) is 11.6 Å². The highest BCUT2D eigenvalue weighted by Gasteiger charge is 2.09. The van der Waals surface area contributed by atoms with Crippen LogP contribution in [-0.2, 0) is 0 Å². The van der Waals surface area contributed by atoms with Crippen molar-refractivity contribution in [2.45, 2.75) is 0 Å². The monoisotopic (exact) mass is 362 g/mol. The summed E-state index contributed by atoms with van der Waals surface area (Å²) in [6, 6.07) is 22.8. The molecule has 0 fully saturated rings. The van der Waals surface area contributed by atoms with E-state index in [-0.39, 0.29) is 0 Å². The van der Waals surface area contributed by atoms with Crippen molar-refractivity contribution in [2.24, 2.45) is 0 Å². The molecule has 4 nitrogen and oxygen atoms in total. The van der Waals surface area contributed by atoms with Crippen molar-refractivity contribution in [3.8, 4) is 11.1 Å². The van der Waals surface area contributed by atoms with Gasteiger partial charge in [-0.1, -0.05) is 60.7 Å². The van der Waals surface area contributed by atoms with Crippen LogP contribution in [0.1, 0.15) is 0 Å². The number of rotatable bonds is 3. The fraction of sp³-hybridized carbons (Fsp3) is 0. The molecule has 1 heterocycles. The van der Waals surface area contributed by atoms with Crippen LogP contribution in [0.2, 0.25) is 0 Å². The first kappa shape index (κ1) is 15.7. The van der Waals surface area contributed by atoms with Crippen molar-refractivity contribution in [1.29, 1.82) is 0 Å². The first-order valence-corrected chi connectivity index (χ1v) is 8.57. The Labute approximate surface area is 154 Å². The third-order valence-corrected chi connectivity index (χ3v) is 4.32. The molecule has 0 bridgehead atoms. The van der Waals surface area contributed by atoms with E-state index in [2.05, 4.69) is 62.7 Å². The minimum Gasteiger partial charge on any atom is -0.325 e. The van der Waals surface area contributed by atoms with E-state index in [9.17, 15) is 0 Å². The number of anilines is 2. The highest BCUT2D eigenvalue weighted by Crippen LogP contribution is 2.34. The van der Waals surface area contributed by atoms with Crippen LogP contribution in [0, 0.1) is 9.54 Å². The van der Waals surface area contributed by atoms with Gasteiger partial charge in [-0.3, -0.25) is 0 Å². The lowest BCUT2D eigenvalue weighted by molar-refractivity contribution is 1.01. The average molecular weight is 362 g/mol. The van der Waals surface area contributed by atoms with E-state index in [1.165, 1.54) is 10.8 Å². The summed E-state index contributed by atoms with van der Waals surface area (Å²) in [5.74, 6) is 0.515. The molecule has 3 aromatic carbocycles. The first-order valence-electron chi connectivity index (χ1n) is 7.75. The summed E-state index contributed by atoms with van der Waals surface area (Å²) in [4.78, 5) is 10.0. The summed E-state index contributed by atoms with van der Waals surface area (Å²) in [5.41, 5.74) is 3.16. The summed E-state index contributed by atoms with van der Waals surface area (Å²) < 4.78 is 0.777. The lowest BCUT2D eigenvalue weighted by Gasteiger charge is -2.13. The molecule has 0 saturated heterocycles. The van der Waals surface area contributed by atoms with Gasteiger partial charge in [-0.2, -0.15) is 4.98 Å². The van der Waals surface area contributed by atoms with Crippen LogP contribution in [0.25, 0.3) is 21.9 Å². The van der Waals surface area contributed by atoms with E-state index in [0.717, 1.165) is 16.8 Å². The fourth-order valence-electron chi connectivity index (χ4n) is 2.87. The van der Waals surface area contributed by atoms with E-state index >= 15 is 0 Å². The van der Waals surface area contributed by atoms with Crippen molar-refractivity contribution in [2.75, 3.05) is 5.32 Å². The summed E-state index contributed by atoms with van der Waals surface area (Å²) in [5, 5.41) is 5.70. The van der Waals surface area contributed by atoms with Gasteiger partial charge in [-0.05, 0) is 46.8 Å². The maximum Gasteiger partial charge on any atom is 0.209 e. The molecule has 4 aromatic rings. The van der Waals surface area contributed by atoms with E-state index in [1.54, 1.807) is 0 Å². The zero-order valence-corrected chi connectivity index (χ0v) is 14.7. The van der Waals surface area contributed by atoms with Crippen molar-refractivity contribution < 1.29 is 0 Å². The minimum absolute atomic E-state index is 0.342. The van der Waals surface area contributed by atoms with Crippen molar-refractivity contribution >= 4 is 46.8 Å². The largest absolute Gasteiger partial charge is 0.325 e. The lowest BCUT2D eigenvalue weighted by Crippen LogP contribution is -2.00. The molecule has 0 unspecified atom stereocenters. The predicted molar refractivity (Wildman–Crippen MR) is 107 cm³/mol. The zero-order chi connectivity index (χ0) is 17.2. The normalized spacial score (nSPS) is 10.7. The quantitative estimate of drug-likeness (QED) is 0.406. The topological polar surface area (TPSA) is 56.5 Å². The number of para-hydroxylation sites is 1. The Morgan fingerprint density at radius 3 is 2.36 bits per heavy atom. The van der Waals surface area contributed by atoms with Crippen LogP contribution in [0.3, 0.4) is 0 Å². The number of hydrogen-bond donors (Lipinski definition) is 3. The van der Waals surface area contributed by atoms with Crippen LogP contribution >= 0.6 is 24.4 Å². The number of fused-ring (bicyclic) bond motifs is 1. The van der Waals surface area contributed by atoms with Gasteiger partial charge >= 0.3 is 0 Å². The second kappa shape index (κ2) is 6.58. The van der Waals surface area contributed by atoms with Gasteiger partial charge in [0.2, 0.25) is 10.7 Å². The molecule has 1 aromatic heterocycles. The van der Waals surface area contributed by atoms with Gasteiger partial charge < -0.3 is 15.3 Å². The Morgan fingerprint density at radius 1 is 0.760 bits per heavy atom. The van der Waals surface area contributed by atoms with Crippen molar-refractivity contribution in [1.82, 2.24) is 15.0 Å². The average Bonchev–Trinajstić information content (AvgIpc) is 2.61. The Hall–Kier alpha value is -2.83. The highest BCUT2D eigenvalue weighted by atomic mass is 32.1. The Bertz CT molecular complexity index is 1140. The summed E-state index contributed by atoms with van der Waals surface area (Å²) in [7, 11) is 0. The molecular formula is C19H14N4S2. The minimum atomic E-state index is 0.342. The van der Waals surface area contributed by atoms with Crippen molar-refractivity contribution in [3.63, 3.8) is 0 Å². The van der Waals surface area contributed by atoms with Crippen LogP contribution in [-0.4, -0.2) is 15.0 Å². The van der Waals surface area contributed by atoms with Gasteiger partial charge in [0.1, 0.15) is 0 Å². The van der Waals surface area contributed by atoms with Crippen LogP contribution in [0.15, 0.2) is 66.7 Å². The van der Waals surface area contributed by atoms with E-state index in [4.69, 9.17) is 24.4 Å². The molecule has 0 aliphatic carbocycles. The van der Waals surface area contributed by atoms with Gasteiger partial charge in [0.25, 0.3) is 0 Å². The Kier molecular flexibility index (Phi) is 4.13. The number of hydrogen-bond acceptors (Lipinski definition) is 4. The standard InChI is InChI=1S/C19H14N4S2/c24-18-21-17(22-19(25)23-18)20-16-11-4-3-9-15(16)14-10-5-7-12-6-1-2-8-13(12)14/h1-11H,(H3,20,21,22,23,24,25). The SMILES string of the molecule is S=c1nc(Nc2ccccc2-c2cccc3ccccc23)[nH]c(=S)[nH]1. The third kappa shape index (κ3) is 3.22. The predicted octanol–water partition coefficient (Wildman–Crippen LogP) is 5.76. The van der Waals surface area contributed by atoms with Gasteiger partial charge in [0.15, 0.2) is 4.77 Å². The third-order valence-electron chi connectivity index (χ3n) is 3.93. The molecule has 0 aliphatic rings. The van der Waals surface area contributed by atoms with Gasteiger partial charge in [0.05, 0.1) is 0 Å². The zero-order valence-electron chi connectivity index (χ0n) is 13.1. The summed E-state index contributed by atoms with van der Waals surface area (Å²) >= 11 is 10.2. The molecule has 0 spiro atoms. The Balaban J connectivity index is 1.87. The van der Waals surface area contributed by atoms with Gasteiger partial charge in [0, 0.05) is 11.3 Å². The summed E-state index contributed by atoms with van der Waals surface area (Å²) in [6.45, 7) is 0. The van der Waals surface area contributed by atoms with E-state index < -0.39 is 0 Å². The first-order chi connectivity index (χ1) is 12.2. The number of nitrogens with one attached hydrogen (secondary N) is 3. The molecule has 0 amide bonds. The lowest BCUT2D eigenvalue weighted by atomic mass is 9.97. The summed E-state index contributed by atoms with van der Waals surface area (Å²) in [6.07, 6.45) is 0. The van der Waals surface area contributed by atoms with Crippen LogP contribution < -0.4 is 5.32 Å². The second-order valence-corrected chi connectivity index (χ2v) is 6.34. The molecule has 0 atom stereocenters. The molecule has 6 heteroatoms. The molecule has 0 aliphatic heterocycles. The van der Waals surface area contributed by atoms with E-state index in [0.29, 0.717) is 15.5 Å². The number of nitrogens with zero attached hydrogens (tertiary/aromatic N) is 1. The number of aromatic amines is 2. The van der Waals surface area contributed by atoms with Gasteiger partial charge in [-0.15, -0.1) is 0 Å². The highest BCUT2D eigenvalue weighted by molar-refractivity contribution is 7.71. The molecule has 0 saturated carbocycles. The maximum atomic E-state index is 5.14. The number of aromatic nitrogens is 3. The maximum absolute atomic E-state index is 5.14. The molecule has 3 N–H and O–H groups in total. The fourth-order valence-corrected chi connectivity index (χ4v) is 3.32. The molecule has 4 rings (SSSR count).